The van der Waals surface area contributed by atoms with Crippen molar-refractivity contribution in [2.24, 2.45) is 0 Å². The summed E-state index contributed by atoms with van der Waals surface area (Å²) in [4.78, 5) is 0. The number of hydrogen-bond donors (Lipinski definition) is 0. The Bertz CT molecular complexity index is 412. The Balaban J connectivity index is 2.30. The lowest BCUT2D eigenvalue weighted by molar-refractivity contribution is 0.322. The van der Waals surface area contributed by atoms with Crippen LogP contribution in [0, 0.1) is 11.6 Å². The average Bonchev–Trinajstić information content (AvgIpc) is 2.81. The van der Waals surface area contributed by atoms with Gasteiger partial charge >= 0.3 is 0 Å². The van der Waals surface area contributed by atoms with E-state index in [1.54, 1.807) is 0 Å². The van der Waals surface area contributed by atoms with Gasteiger partial charge in [0, 0.05) is 17.9 Å². The van der Waals surface area contributed by atoms with E-state index < -0.39 is 33.8 Å². The fourth-order valence-corrected chi connectivity index (χ4v) is 2.81. The van der Waals surface area contributed by atoms with Crippen LogP contribution in [0.2, 0.25) is 0 Å². The first kappa shape index (κ1) is 11.7. The van der Waals surface area contributed by atoms with Crippen molar-refractivity contribution in [2.45, 2.75) is 5.60 Å². The van der Waals surface area contributed by atoms with E-state index in [0.717, 1.165) is 12.3 Å². The molecule has 16 heavy (non-hydrogen) atoms. The van der Waals surface area contributed by atoms with Gasteiger partial charge in [-0.2, -0.15) is 7.77 Å². The summed E-state index contributed by atoms with van der Waals surface area (Å²) < 4.78 is 57.0. The van der Waals surface area contributed by atoms with Crippen molar-refractivity contribution in [3.63, 3.8) is 0 Å². The smallest absolute Gasteiger partial charge is 0.132 e. The monoisotopic (exact) mass is 254 g/mol. The Labute approximate surface area is 92.3 Å². The van der Waals surface area contributed by atoms with E-state index in [4.69, 9.17) is 4.74 Å². The second kappa shape index (κ2) is 3.63. The van der Waals surface area contributed by atoms with Gasteiger partial charge in [0.15, 0.2) is 0 Å². The minimum atomic E-state index is -3.78. The lowest BCUT2D eigenvalue weighted by Crippen LogP contribution is -2.18. The molecule has 0 N–H and O–H groups in total. The summed E-state index contributed by atoms with van der Waals surface area (Å²) in [6, 6.07) is 2.90. The largest absolute Gasteiger partial charge is 0.363 e. The number of epoxide rings is 1. The zero-order valence-electron chi connectivity index (χ0n) is 8.47. The summed E-state index contributed by atoms with van der Waals surface area (Å²) in [5.41, 5.74) is -1.23. The molecule has 6 heteroatoms. The average molecular weight is 254 g/mol. The molecule has 1 unspecified atom stereocenters. The highest BCUT2D eigenvalue weighted by Gasteiger charge is 2.52. The van der Waals surface area contributed by atoms with E-state index in [1.165, 1.54) is 6.07 Å². The van der Waals surface area contributed by atoms with E-state index >= 15 is 0 Å². The van der Waals surface area contributed by atoms with Crippen LogP contribution in [-0.2, 0) is 10.3 Å². The van der Waals surface area contributed by atoms with E-state index in [0.29, 0.717) is 6.07 Å². The minimum absolute atomic E-state index is 0.0166. The van der Waals surface area contributed by atoms with Crippen LogP contribution in [0.1, 0.15) is 5.56 Å². The molecule has 1 nitrogen and oxygen atoms in total. The summed E-state index contributed by atoms with van der Waals surface area (Å²) in [7, 11) is -3.78. The molecule has 0 saturated carbocycles. The molecule has 0 amide bonds. The molecule has 1 saturated heterocycles. The van der Waals surface area contributed by atoms with Gasteiger partial charge in [0.05, 0.1) is 23.2 Å². The lowest BCUT2D eigenvalue weighted by atomic mass is 10.0. The fourth-order valence-electron chi connectivity index (χ4n) is 1.67. The Morgan fingerprint density at radius 1 is 1.38 bits per heavy atom. The van der Waals surface area contributed by atoms with Crippen molar-refractivity contribution in [2.75, 3.05) is 18.6 Å². The first-order valence-corrected chi connectivity index (χ1v) is 6.58. The van der Waals surface area contributed by atoms with Crippen molar-refractivity contribution < 1.29 is 21.3 Å². The quantitative estimate of drug-likeness (QED) is 0.595. The maximum absolute atomic E-state index is 13.4. The molecule has 1 fully saturated rings. The third kappa shape index (κ3) is 2.32. The van der Waals surface area contributed by atoms with Gasteiger partial charge in [-0.25, -0.2) is 8.78 Å². The van der Waals surface area contributed by atoms with Gasteiger partial charge in [0.1, 0.15) is 17.2 Å². The molecule has 1 aliphatic rings. The molecule has 0 bridgehead atoms. The minimum Gasteiger partial charge on any atom is -0.363 e. The lowest BCUT2D eigenvalue weighted by Gasteiger charge is -2.20. The van der Waals surface area contributed by atoms with Crippen LogP contribution in [0.15, 0.2) is 18.2 Å². The first-order valence-electron chi connectivity index (χ1n) is 4.57. The van der Waals surface area contributed by atoms with E-state index in [-0.39, 0.29) is 12.2 Å². The van der Waals surface area contributed by atoms with Crippen molar-refractivity contribution in [3.8, 4) is 0 Å². The van der Waals surface area contributed by atoms with Crippen molar-refractivity contribution in [1.29, 1.82) is 0 Å². The van der Waals surface area contributed by atoms with Gasteiger partial charge in [-0.3, -0.25) is 0 Å². The Kier molecular flexibility index (Phi) is 2.66. The predicted molar refractivity (Wildman–Crippen MR) is 54.6 cm³/mol. The molecule has 1 aromatic carbocycles. The van der Waals surface area contributed by atoms with Gasteiger partial charge in [0.25, 0.3) is 0 Å². The van der Waals surface area contributed by atoms with Gasteiger partial charge in [-0.15, -0.1) is 0 Å². The number of rotatable bonds is 3. The topological polar surface area (TPSA) is 12.5 Å². The molecule has 0 aliphatic carbocycles. The molecule has 2 rings (SSSR count). The number of hydrogen-bond acceptors (Lipinski definition) is 1. The van der Waals surface area contributed by atoms with Gasteiger partial charge in [-0.05, 0) is 6.07 Å². The second-order valence-corrected chi connectivity index (χ2v) is 5.96. The van der Waals surface area contributed by atoms with Crippen LogP contribution in [0.3, 0.4) is 0 Å². The summed E-state index contributed by atoms with van der Waals surface area (Å²) >= 11 is 0. The maximum atomic E-state index is 13.4. The maximum Gasteiger partial charge on any atom is 0.132 e. The molecule has 90 valence electrons. The van der Waals surface area contributed by atoms with Crippen molar-refractivity contribution in [3.05, 3.63) is 35.4 Å². The molecule has 1 atom stereocenters. The SMILES string of the molecule is CS(F)(F)CC1(c2ccc(F)cc2F)CO1. The Morgan fingerprint density at radius 3 is 2.44 bits per heavy atom. The van der Waals surface area contributed by atoms with Crippen LogP contribution in [0.4, 0.5) is 16.6 Å². The Morgan fingerprint density at radius 2 is 2.00 bits per heavy atom. The predicted octanol–water partition coefficient (Wildman–Crippen LogP) is 3.39. The van der Waals surface area contributed by atoms with Gasteiger partial charge < -0.3 is 4.74 Å². The van der Waals surface area contributed by atoms with E-state index in [1.807, 2.05) is 0 Å². The molecule has 0 aromatic heterocycles. The molecular weight excluding hydrogens is 244 g/mol. The number of ether oxygens (including phenoxy) is 1. The van der Waals surface area contributed by atoms with Crippen LogP contribution >= 0.6 is 10.8 Å². The van der Waals surface area contributed by atoms with E-state index in [9.17, 15) is 16.6 Å². The first-order chi connectivity index (χ1) is 7.32. The van der Waals surface area contributed by atoms with E-state index in [2.05, 4.69) is 0 Å². The molecule has 1 aromatic rings. The number of benzene rings is 1. The summed E-state index contributed by atoms with van der Waals surface area (Å²) in [5.74, 6) is -2.07. The Hall–Kier alpha value is -0.750. The van der Waals surface area contributed by atoms with Crippen LogP contribution in [0.5, 0.6) is 0 Å². The highest BCUT2D eigenvalue weighted by molar-refractivity contribution is 8.24. The van der Waals surface area contributed by atoms with Crippen LogP contribution in [-0.4, -0.2) is 18.6 Å². The van der Waals surface area contributed by atoms with Gasteiger partial charge in [-0.1, -0.05) is 6.07 Å². The van der Waals surface area contributed by atoms with Crippen molar-refractivity contribution in [1.82, 2.24) is 0 Å². The zero-order valence-corrected chi connectivity index (χ0v) is 9.29. The number of halogens is 4. The van der Waals surface area contributed by atoms with Crippen LogP contribution < -0.4 is 0 Å². The molecular formula is C10H10F4OS. The second-order valence-electron chi connectivity index (χ2n) is 3.93. The molecule has 0 spiro atoms. The highest BCUT2D eigenvalue weighted by atomic mass is 32.3. The summed E-state index contributed by atoms with van der Waals surface area (Å²) in [6.07, 6.45) is 0.831. The summed E-state index contributed by atoms with van der Waals surface area (Å²) in [6.45, 7) is 0.0615. The van der Waals surface area contributed by atoms with Crippen LogP contribution in [0.25, 0.3) is 0 Å². The molecule has 1 aliphatic heterocycles. The van der Waals surface area contributed by atoms with Crippen molar-refractivity contribution >= 4 is 10.8 Å². The standard InChI is InChI=1S/C10H10F4OS/c1-16(13,14)6-10(5-15-10)8-3-2-7(11)4-9(8)12/h2-4H,5-6H2,1H3. The highest BCUT2D eigenvalue weighted by Crippen LogP contribution is 2.56. The summed E-state index contributed by atoms with van der Waals surface area (Å²) in [5, 5.41) is 0. The third-order valence-corrected chi connectivity index (χ3v) is 3.37. The normalized spacial score (nSPS) is 25.6. The molecule has 1 heterocycles. The third-order valence-electron chi connectivity index (χ3n) is 2.40. The van der Waals surface area contributed by atoms with Gasteiger partial charge in [0.2, 0.25) is 0 Å². The molecule has 0 radical (unpaired) electrons. The zero-order chi connectivity index (χ0) is 12.0. The fraction of sp³-hybridized carbons (Fsp3) is 0.400.